The van der Waals surface area contributed by atoms with Gasteiger partial charge >= 0.3 is 0 Å². The Bertz CT molecular complexity index is 718. The summed E-state index contributed by atoms with van der Waals surface area (Å²) in [7, 11) is 0. The second-order valence-electron chi connectivity index (χ2n) is 6.68. The van der Waals surface area contributed by atoms with Crippen molar-refractivity contribution in [1.29, 1.82) is 0 Å². The lowest BCUT2D eigenvalue weighted by Gasteiger charge is -2.36. The van der Waals surface area contributed by atoms with Crippen molar-refractivity contribution in [1.82, 2.24) is 9.80 Å². The quantitative estimate of drug-likeness (QED) is 0.458. The predicted octanol–water partition coefficient (Wildman–Crippen LogP) is 2.93. The third-order valence-electron chi connectivity index (χ3n) is 5.10. The first kappa shape index (κ1) is 18.7. The molecule has 0 radical (unpaired) electrons. The molecule has 26 heavy (non-hydrogen) atoms. The first-order valence-electron chi connectivity index (χ1n) is 8.95. The van der Waals surface area contributed by atoms with Gasteiger partial charge in [0.1, 0.15) is 11.6 Å². The van der Waals surface area contributed by atoms with E-state index in [9.17, 15) is 19.7 Å². The molecular weight excluding hydrogens is 354 g/mol. The van der Waals surface area contributed by atoms with Gasteiger partial charge < -0.3 is 9.80 Å². The first-order valence-corrected chi connectivity index (χ1v) is 10.2. The number of thioether (sulfide) groups is 1. The minimum absolute atomic E-state index is 0.0146. The molecule has 2 heterocycles. The number of piperidine rings is 1. The number of nitro benzene ring substituents is 1. The van der Waals surface area contributed by atoms with Crippen molar-refractivity contribution in [2.75, 3.05) is 25.9 Å². The number of hydrogen-bond donors (Lipinski definition) is 0. The maximum absolute atomic E-state index is 13.2. The fraction of sp³-hybridized carbons (Fsp3) is 0.556. The van der Waals surface area contributed by atoms with Crippen LogP contribution in [0.4, 0.5) is 5.69 Å². The van der Waals surface area contributed by atoms with Crippen LogP contribution in [-0.4, -0.2) is 58.5 Å². The minimum Gasteiger partial charge on any atom is -0.341 e. The molecule has 1 aromatic carbocycles. The van der Waals surface area contributed by atoms with Crippen molar-refractivity contribution >= 4 is 29.3 Å². The standard InChI is InChI=1S/C18H23N3O4S/c1-26-13-7-8-15(21(24)25)14(12-13)17(22)20-11-3-2-6-16(20)18(23)19-9-4-5-10-19/h7-8,12,16H,2-6,9-11H2,1H3. The molecule has 2 aliphatic rings. The summed E-state index contributed by atoms with van der Waals surface area (Å²) in [6, 6.07) is 4.08. The van der Waals surface area contributed by atoms with Crippen LogP contribution in [0.3, 0.4) is 0 Å². The highest BCUT2D eigenvalue weighted by Crippen LogP contribution is 2.29. The zero-order valence-electron chi connectivity index (χ0n) is 14.8. The molecule has 0 aromatic heterocycles. The third-order valence-corrected chi connectivity index (χ3v) is 5.82. The molecule has 2 amide bonds. The van der Waals surface area contributed by atoms with Crippen LogP contribution >= 0.6 is 11.8 Å². The smallest absolute Gasteiger partial charge is 0.282 e. The average Bonchev–Trinajstić information content (AvgIpc) is 3.21. The van der Waals surface area contributed by atoms with Crippen molar-refractivity contribution < 1.29 is 14.5 Å². The highest BCUT2D eigenvalue weighted by molar-refractivity contribution is 7.98. The van der Waals surface area contributed by atoms with Gasteiger partial charge in [-0.3, -0.25) is 19.7 Å². The topological polar surface area (TPSA) is 83.8 Å². The van der Waals surface area contributed by atoms with E-state index in [0.29, 0.717) is 13.0 Å². The molecule has 3 rings (SSSR count). The zero-order valence-corrected chi connectivity index (χ0v) is 15.7. The van der Waals surface area contributed by atoms with Gasteiger partial charge in [0, 0.05) is 30.6 Å². The summed E-state index contributed by atoms with van der Waals surface area (Å²) >= 11 is 1.43. The zero-order chi connectivity index (χ0) is 18.7. The van der Waals surface area contributed by atoms with Gasteiger partial charge in [-0.2, -0.15) is 0 Å². The van der Waals surface area contributed by atoms with E-state index >= 15 is 0 Å². The van der Waals surface area contributed by atoms with Crippen LogP contribution in [-0.2, 0) is 4.79 Å². The van der Waals surface area contributed by atoms with Crippen molar-refractivity contribution in [3.05, 3.63) is 33.9 Å². The summed E-state index contributed by atoms with van der Waals surface area (Å²) in [5.74, 6) is -0.427. The molecule has 2 saturated heterocycles. The molecule has 0 saturated carbocycles. The fourth-order valence-electron chi connectivity index (χ4n) is 3.71. The van der Waals surface area contributed by atoms with E-state index in [-0.39, 0.29) is 17.2 Å². The third kappa shape index (κ3) is 3.70. The molecule has 140 valence electrons. The van der Waals surface area contributed by atoms with E-state index in [2.05, 4.69) is 0 Å². The van der Waals surface area contributed by atoms with Crippen molar-refractivity contribution in [2.45, 2.75) is 43.0 Å². The Hall–Kier alpha value is -2.09. The highest BCUT2D eigenvalue weighted by atomic mass is 32.2. The largest absolute Gasteiger partial charge is 0.341 e. The van der Waals surface area contributed by atoms with Gasteiger partial charge in [0.05, 0.1) is 4.92 Å². The molecule has 0 spiro atoms. The van der Waals surface area contributed by atoms with Gasteiger partial charge in [-0.1, -0.05) is 0 Å². The van der Waals surface area contributed by atoms with E-state index in [1.54, 1.807) is 17.0 Å². The van der Waals surface area contributed by atoms with E-state index in [1.807, 2.05) is 11.2 Å². The Morgan fingerprint density at radius 1 is 1.15 bits per heavy atom. The van der Waals surface area contributed by atoms with Crippen LogP contribution < -0.4 is 0 Å². The van der Waals surface area contributed by atoms with E-state index in [1.165, 1.54) is 17.8 Å². The molecule has 8 heteroatoms. The molecule has 1 atom stereocenters. The minimum atomic E-state index is -0.529. The molecular formula is C18H23N3O4S. The molecule has 1 unspecified atom stereocenters. The maximum atomic E-state index is 13.2. The molecule has 0 N–H and O–H groups in total. The summed E-state index contributed by atoms with van der Waals surface area (Å²) in [5, 5.41) is 11.4. The number of nitrogens with zero attached hydrogens (tertiary/aromatic N) is 3. The van der Waals surface area contributed by atoms with Gasteiger partial charge in [-0.15, -0.1) is 11.8 Å². The van der Waals surface area contributed by atoms with Gasteiger partial charge in [-0.05, 0) is 50.5 Å². The van der Waals surface area contributed by atoms with Crippen molar-refractivity contribution in [3.8, 4) is 0 Å². The predicted molar refractivity (Wildman–Crippen MR) is 99.4 cm³/mol. The van der Waals surface area contributed by atoms with Crippen LogP contribution in [0.5, 0.6) is 0 Å². The van der Waals surface area contributed by atoms with Crippen molar-refractivity contribution in [3.63, 3.8) is 0 Å². The molecule has 0 bridgehead atoms. The van der Waals surface area contributed by atoms with Gasteiger partial charge in [0.2, 0.25) is 5.91 Å². The fourth-order valence-corrected chi connectivity index (χ4v) is 4.15. The number of hydrogen-bond acceptors (Lipinski definition) is 5. The number of carbonyl (C=O) groups is 2. The molecule has 1 aromatic rings. The van der Waals surface area contributed by atoms with Crippen molar-refractivity contribution in [2.24, 2.45) is 0 Å². The van der Waals surface area contributed by atoms with Crippen LogP contribution in [0.2, 0.25) is 0 Å². The van der Waals surface area contributed by atoms with Crippen LogP contribution in [0.25, 0.3) is 0 Å². The Labute approximate surface area is 156 Å². The van der Waals surface area contributed by atoms with E-state index < -0.39 is 16.9 Å². The van der Waals surface area contributed by atoms with Gasteiger partial charge in [0.25, 0.3) is 11.6 Å². The van der Waals surface area contributed by atoms with E-state index in [4.69, 9.17) is 0 Å². The highest BCUT2D eigenvalue weighted by Gasteiger charge is 2.37. The Balaban J connectivity index is 1.91. The van der Waals surface area contributed by atoms with Crippen LogP contribution in [0, 0.1) is 10.1 Å². The molecule has 2 fully saturated rings. The number of rotatable bonds is 4. The number of likely N-dealkylation sites (tertiary alicyclic amines) is 2. The number of carbonyl (C=O) groups excluding carboxylic acids is 2. The lowest BCUT2D eigenvalue weighted by atomic mass is 9.99. The maximum Gasteiger partial charge on any atom is 0.282 e. The Morgan fingerprint density at radius 3 is 2.50 bits per heavy atom. The average molecular weight is 377 g/mol. The number of benzene rings is 1. The second kappa shape index (κ2) is 8.07. The lowest BCUT2D eigenvalue weighted by molar-refractivity contribution is -0.385. The Morgan fingerprint density at radius 2 is 1.85 bits per heavy atom. The SMILES string of the molecule is CSc1ccc([N+](=O)[O-])c(C(=O)N2CCCCC2C(=O)N2CCCC2)c1. The summed E-state index contributed by atoms with van der Waals surface area (Å²) < 4.78 is 0. The monoisotopic (exact) mass is 377 g/mol. The normalized spacial score (nSPS) is 20.3. The second-order valence-corrected chi connectivity index (χ2v) is 7.56. The number of amides is 2. The summed E-state index contributed by atoms with van der Waals surface area (Å²) in [5.41, 5.74) is -0.131. The van der Waals surface area contributed by atoms with Crippen LogP contribution in [0.1, 0.15) is 42.5 Å². The summed E-state index contributed by atoms with van der Waals surface area (Å²) in [4.78, 5) is 41.1. The van der Waals surface area contributed by atoms with Gasteiger partial charge in [-0.25, -0.2) is 0 Å². The summed E-state index contributed by atoms with van der Waals surface area (Å²) in [6.07, 6.45) is 6.17. The van der Waals surface area contributed by atoms with Gasteiger partial charge in [0.15, 0.2) is 0 Å². The number of nitro groups is 1. The lowest BCUT2D eigenvalue weighted by Crippen LogP contribution is -2.52. The van der Waals surface area contributed by atoms with Crippen LogP contribution in [0.15, 0.2) is 23.1 Å². The first-order chi connectivity index (χ1) is 12.5. The molecule has 7 nitrogen and oxygen atoms in total. The molecule has 0 aliphatic carbocycles. The molecule has 2 aliphatic heterocycles. The summed E-state index contributed by atoms with van der Waals surface area (Å²) in [6.45, 7) is 1.93. The Kier molecular flexibility index (Phi) is 5.80. The van der Waals surface area contributed by atoms with E-state index in [0.717, 1.165) is 43.7 Å².